The number of nitrogens with one attached hydrogen (secondary N) is 1. The molecule has 0 fully saturated rings. The van der Waals surface area contributed by atoms with Crippen molar-refractivity contribution in [2.75, 3.05) is 13.2 Å². The van der Waals surface area contributed by atoms with Gasteiger partial charge in [-0.15, -0.1) is 0 Å². The van der Waals surface area contributed by atoms with Gasteiger partial charge in [-0.2, -0.15) is 0 Å². The molecule has 2 atom stereocenters. The lowest BCUT2D eigenvalue weighted by Gasteiger charge is -2.22. The number of unbranched alkanes of at least 4 members (excludes halogenated alkanes) is 53. The molecular weight excluding hydrogens is 935 g/mol. The van der Waals surface area contributed by atoms with Crippen LogP contribution >= 0.6 is 0 Å². The van der Waals surface area contributed by atoms with Crippen molar-refractivity contribution in [2.24, 2.45) is 0 Å². The molecule has 76 heavy (non-hydrogen) atoms. The highest BCUT2D eigenvalue weighted by Crippen LogP contribution is 2.19. The van der Waals surface area contributed by atoms with Crippen molar-refractivity contribution in [1.29, 1.82) is 0 Å². The summed E-state index contributed by atoms with van der Waals surface area (Å²) >= 11 is 0. The first-order valence-corrected chi connectivity index (χ1v) is 34.9. The first kappa shape index (κ1) is 74.6. The molecule has 6 nitrogen and oxygen atoms in total. The molecule has 0 bridgehead atoms. The SMILES string of the molecule is CCCCCCCC/C=C\CCCCCCCCCCCC(=O)OCCCCCCCCCCCCCCCCCCCCCCCC(=O)NC(CO)C(O)CCCCCCCCCCCCCCCCCCCCC. The van der Waals surface area contributed by atoms with E-state index in [2.05, 4.69) is 31.3 Å². The predicted octanol–water partition coefficient (Wildman–Crippen LogP) is 22.4. The van der Waals surface area contributed by atoms with E-state index in [1.54, 1.807) is 0 Å². The van der Waals surface area contributed by atoms with E-state index in [0.717, 1.165) is 44.9 Å². The highest BCUT2D eigenvalue weighted by atomic mass is 16.5. The maximum absolute atomic E-state index is 12.5. The van der Waals surface area contributed by atoms with E-state index in [4.69, 9.17) is 4.74 Å². The summed E-state index contributed by atoms with van der Waals surface area (Å²) in [4.78, 5) is 24.6. The summed E-state index contributed by atoms with van der Waals surface area (Å²) in [5.41, 5.74) is 0. The average molecular weight is 1070 g/mol. The summed E-state index contributed by atoms with van der Waals surface area (Å²) in [5.74, 6) is -0.0186. The van der Waals surface area contributed by atoms with Gasteiger partial charge < -0.3 is 20.3 Å². The molecule has 6 heteroatoms. The molecule has 0 spiro atoms. The van der Waals surface area contributed by atoms with Crippen molar-refractivity contribution in [2.45, 2.75) is 411 Å². The molecule has 0 saturated heterocycles. The van der Waals surface area contributed by atoms with Crippen LogP contribution in [0.1, 0.15) is 399 Å². The second kappa shape index (κ2) is 66.1. The molecule has 0 aliphatic carbocycles. The van der Waals surface area contributed by atoms with Gasteiger partial charge in [0, 0.05) is 12.8 Å². The number of amides is 1. The summed E-state index contributed by atoms with van der Waals surface area (Å²) < 4.78 is 5.51. The Morgan fingerprint density at radius 2 is 0.618 bits per heavy atom. The van der Waals surface area contributed by atoms with E-state index >= 15 is 0 Å². The van der Waals surface area contributed by atoms with Gasteiger partial charge in [-0.3, -0.25) is 9.59 Å². The molecule has 0 aromatic rings. The molecule has 1 amide bonds. The Morgan fingerprint density at radius 1 is 0.355 bits per heavy atom. The number of aliphatic hydroxyl groups is 2. The van der Waals surface area contributed by atoms with Gasteiger partial charge in [0.15, 0.2) is 0 Å². The van der Waals surface area contributed by atoms with Gasteiger partial charge in [-0.1, -0.05) is 347 Å². The van der Waals surface area contributed by atoms with E-state index in [-0.39, 0.29) is 18.5 Å². The Kier molecular flexibility index (Phi) is 64.9. The minimum absolute atomic E-state index is 0.0129. The van der Waals surface area contributed by atoms with Crippen LogP contribution in [0.2, 0.25) is 0 Å². The van der Waals surface area contributed by atoms with Gasteiger partial charge in [-0.25, -0.2) is 0 Å². The number of hydrogen-bond donors (Lipinski definition) is 3. The molecule has 0 aromatic carbocycles. The number of ether oxygens (including phenoxy) is 1. The lowest BCUT2D eigenvalue weighted by atomic mass is 10.0. The highest BCUT2D eigenvalue weighted by Gasteiger charge is 2.20. The topological polar surface area (TPSA) is 95.9 Å². The Morgan fingerprint density at radius 3 is 0.934 bits per heavy atom. The predicted molar refractivity (Wildman–Crippen MR) is 333 cm³/mol. The summed E-state index contributed by atoms with van der Waals surface area (Å²) in [5, 5.41) is 23.4. The fourth-order valence-electron chi connectivity index (χ4n) is 11.2. The van der Waals surface area contributed by atoms with Crippen LogP contribution in [0.5, 0.6) is 0 Å². The average Bonchev–Trinajstić information content (AvgIpc) is 3.42. The van der Waals surface area contributed by atoms with Gasteiger partial charge in [0.05, 0.1) is 25.4 Å². The van der Waals surface area contributed by atoms with E-state index < -0.39 is 12.1 Å². The number of rotatable bonds is 66. The molecule has 0 saturated carbocycles. The monoisotopic (exact) mass is 1070 g/mol. The van der Waals surface area contributed by atoms with Crippen molar-refractivity contribution in [1.82, 2.24) is 5.32 Å². The molecule has 0 heterocycles. The first-order chi connectivity index (χ1) is 37.5. The van der Waals surface area contributed by atoms with Gasteiger partial charge >= 0.3 is 5.97 Å². The fourth-order valence-corrected chi connectivity index (χ4v) is 11.2. The van der Waals surface area contributed by atoms with Crippen LogP contribution in [0.15, 0.2) is 12.2 Å². The van der Waals surface area contributed by atoms with Crippen LogP contribution in [-0.4, -0.2) is 47.4 Å². The van der Waals surface area contributed by atoms with Crippen LogP contribution in [0, 0.1) is 0 Å². The van der Waals surface area contributed by atoms with Crippen LogP contribution < -0.4 is 5.32 Å². The molecule has 452 valence electrons. The second-order valence-corrected chi connectivity index (χ2v) is 24.2. The normalized spacial score (nSPS) is 12.5. The maximum Gasteiger partial charge on any atom is 0.305 e. The number of allylic oxidation sites excluding steroid dienone is 2. The van der Waals surface area contributed by atoms with Gasteiger partial charge in [0.1, 0.15) is 0 Å². The molecule has 2 unspecified atom stereocenters. The largest absolute Gasteiger partial charge is 0.466 e. The number of hydrogen-bond acceptors (Lipinski definition) is 5. The lowest BCUT2D eigenvalue weighted by Crippen LogP contribution is -2.45. The Labute approximate surface area is 476 Å². The standard InChI is InChI=1S/C70H137NO5/c1-3-5-7-9-11-13-15-17-19-21-26-30-34-38-42-46-50-54-58-62-68(73)67(66-72)71-69(74)63-59-55-51-47-43-39-35-31-28-24-23-25-29-33-37-41-45-49-53-57-61-65-76-70(75)64-60-56-52-48-44-40-36-32-27-22-20-18-16-14-12-10-8-6-4-2/h18,20,67-68,72-73H,3-17,19,21-66H2,1-2H3,(H,71,74)/b20-18-. The molecule has 0 radical (unpaired) electrons. The summed E-state index contributed by atoms with van der Waals surface area (Å²) in [6.45, 7) is 4.99. The van der Waals surface area contributed by atoms with Crippen molar-refractivity contribution >= 4 is 11.9 Å². The van der Waals surface area contributed by atoms with Gasteiger partial charge in [0.25, 0.3) is 0 Å². The van der Waals surface area contributed by atoms with Crippen LogP contribution in [0.3, 0.4) is 0 Å². The molecule has 0 aliphatic heterocycles. The Hall–Kier alpha value is -1.40. The summed E-state index contributed by atoms with van der Waals surface area (Å²) in [6.07, 6.45) is 81.0. The quantitative estimate of drug-likeness (QED) is 0.0320. The molecule has 0 aliphatic rings. The zero-order valence-corrected chi connectivity index (χ0v) is 51.8. The third-order valence-corrected chi connectivity index (χ3v) is 16.6. The lowest BCUT2D eigenvalue weighted by molar-refractivity contribution is -0.143. The Balaban J connectivity index is 3.36. The third-order valence-electron chi connectivity index (χ3n) is 16.6. The van der Waals surface area contributed by atoms with Crippen molar-refractivity contribution < 1.29 is 24.5 Å². The molecule has 3 N–H and O–H groups in total. The van der Waals surface area contributed by atoms with Gasteiger partial charge in [-0.05, 0) is 51.4 Å². The molecular formula is C70H137NO5. The fraction of sp³-hybridized carbons (Fsp3) is 0.943. The second-order valence-electron chi connectivity index (χ2n) is 24.2. The third kappa shape index (κ3) is 61.8. The van der Waals surface area contributed by atoms with Crippen molar-refractivity contribution in [3.05, 3.63) is 12.2 Å². The summed E-state index contributed by atoms with van der Waals surface area (Å²) in [6, 6.07) is -0.542. The van der Waals surface area contributed by atoms with E-state index in [1.807, 2.05) is 0 Å². The van der Waals surface area contributed by atoms with Gasteiger partial charge in [0.2, 0.25) is 5.91 Å². The minimum atomic E-state index is -0.665. The van der Waals surface area contributed by atoms with Crippen LogP contribution in [0.25, 0.3) is 0 Å². The number of carbonyl (C=O) groups excluding carboxylic acids is 2. The first-order valence-electron chi connectivity index (χ1n) is 34.9. The highest BCUT2D eigenvalue weighted by molar-refractivity contribution is 5.76. The van der Waals surface area contributed by atoms with Crippen molar-refractivity contribution in [3.8, 4) is 0 Å². The molecule has 0 rings (SSSR count). The van der Waals surface area contributed by atoms with Crippen molar-refractivity contribution in [3.63, 3.8) is 0 Å². The molecule has 0 aromatic heterocycles. The zero-order chi connectivity index (χ0) is 55.0. The number of carbonyl (C=O) groups is 2. The number of esters is 1. The van der Waals surface area contributed by atoms with E-state index in [0.29, 0.717) is 25.9 Å². The smallest absolute Gasteiger partial charge is 0.305 e. The zero-order valence-electron chi connectivity index (χ0n) is 51.8. The van der Waals surface area contributed by atoms with Crippen LogP contribution in [0.4, 0.5) is 0 Å². The number of aliphatic hydroxyl groups excluding tert-OH is 2. The maximum atomic E-state index is 12.5. The summed E-state index contributed by atoms with van der Waals surface area (Å²) in [7, 11) is 0. The van der Waals surface area contributed by atoms with E-state index in [1.165, 1.54) is 321 Å². The minimum Gasteiger partial charge on any atom is -0.466 e. The Bertz CT molecular complexity index is 1140. The van der Waals surface area contributed by atoms with E-state index in [9.17, 15) is 19.8 Å². The van der Waals surface area contributed by atoms with Crippen LogP contribution in [-0.2, 0) is 14.3 Å².